The van der Waals surface area contributed by atoms with E-state index in [-0.39, 0.29) is 0 Å². The van der Waals surface area contributed by atoms with E-state index in [1.54, 1.807) is 6.07 Å². The van der Waals surface area contributed by atoms with Gasteiger partial charge in [-0.1, -0.05) is 6.07 Å². The number of aromatic nitrogens is 1. The van der Waals surface area contributed by atoms with E-state index in [0.717, 1.165) is 10.9 Å². The Kier molecular flexibility index (Phi) is 1.60. The molecule has 0 amide bonds. The maximum Gasteiger partial charge on any atom is 0.141 e. The molecular weight excluding hydrogens is 162 g/mol. The quantitative estimate of drug-likeness (QED) is 0.610. The van der Waals surface area contributed by atoms with Crippen LogP contribution >= 0.6 is 0 Å². The normalized spacial score (nSPS) is 9.77. The predicted molar refractivity (Wildman–Crippen MR) is 50.9 cm³/mol. The molecule has 0 bridgehead atoms. The third-order valence-corrected chi connectivity index (χ3v) is 1.88. The van der Waals surface area contributed by atoms with Gasteiger partial charge < -0.3 is 5.73 Å². The second-order valence-corrected chi connectivity index (χ2v) is 2.72. The van der Waals surface area contributed by atoms with E-state index in [9.17, 15) is 0 Å². The lowest BCUT2D eigenvalue weighted by molar-refractivity contribution is 1.33. The number of pyridine rings is 1. The molecule has 62 valence electrons. The van der Waals surface area contributed by atoms with Gasteiger partial charge in [-0.3, -0.25) is 0 Å². The molecule has 0 aliphatic rings. The van der Waals surface area contributed by atoms with Gasteiger partial charge in [0.1, 0.15) is 11.8 Å². The molecule has 0 atom stereocenters. The van der Waals surface area contributed by atoms with Crippen LogP contribution in [0.2, 0.25) is 0 Å². The van der Waals surface area contributed by atoms with Crippen molar-refractivity contribution in [1.82, 2.24) is 4.98 Å². The van der Waals surface area contributed by atoms with Crippen molar-refractivity contribution in [2.24, 2.45) is 0 Å². The lowest BCUT2D eigenvalue weighted by atomic mass is 10.2. The maximum atomic E-state index is 8.62. The van der Waals surface area contributed by atoms with E-state index in [2.05, 4.69) is 4.98 Å². The monoisotopic (exact) mass is 169 g/mol. The fraction of sp³-hybridized carbons (Fsp3) is 0. The second-order valence-electron chi connectivity index (χ2n) is 2.72. The summed E-state index contributed by atoms with van der Waals surface area (Å²) in [5.74, 6) is 0. The van der Waals surface area contributed by atoms with Gasteiger partial charge in [-0.2, -0.15) is 5.26 Å². The molecule has 0 radical (unpaired) electrons. The van der Waals surface area contributed by atoms with Gasteiger partial charge in [-0.05, 0) is 24.3 Å². The van der Waals surface area contributed by atoms with E-state index >= 15 is 0 Å². The number of hydrogen-bond donors (Lipinski definition) is 1. The molecule has 0 fully saturated rings. The van der Waals surface area contributed by atoms with Crippen molar-refractivity contribution < 1.29 is 0 Å². The molecule has 3 nitrogen and oxygen atoms in total. The molecule has 0 spiro atoms. The van der Waals surface area contributed by atoms with Crippen LogP contribution in [0.3, 0.4) is 0 Å². The molecule has 2 N–H and O–H groups in total. The topological polar surface area (TPSA) is 62.7 Å². The summed E-state index contributed by atoms with van der Waals surface area (Å²) in [4.78, 5) is 4.11. The molecule has 3 heteroatoms. The van der Waals surface area contributed by atoms with E-state index < -0.39 is 0 Å². The van der Waals surface area contributed by atoms with Crippen LogP contribution < -0.4 is 5.73 Å². The first-order chi connectivity index (χ1) is 6.31. The summed E-state index contributed by atoms with van der Waals surface area (Å²) < 4.78 is 0. The van der Waals surface area contributed by atoms with Crippen molar-refractivity contribution in [3.05, 3.63) is 36.0 Å². The van der Waals surface area contributed by atoms with Gasteiger partial charge in [0.25, 0.3) is 0 Å². The number of fused-ring (bicyclic) bond motifs is 1. The highest BCUT2D eigenvalue weighted by atomic mass is 14.7. The third kappa shape index (κ3) is 1.18. The number of rotatable bonds is 0. The minimum Gasteiger partial charge on any atom is -0.398 e. The van der Waals surface area contributed by atoms with Crippen LogP contribution in [0.1, 0.15) is 5.69 Å². The van der Waals surface area contributed by atoms with Crippen LogP contribution in [0.25, 0.3) is 10.9 Å². The fourth-order valence-electron chi connectivity index (χ4n) is 1.24. The zero-order valence-electron chi connectivity index (χ0n) is 6.86. The summed E-state index contributed by atoms with van der Waals surface area (Å²) in [5, 5.41) is 9.51. The SMILES string of the molecule is N#Cc1ccc2c(N)cccc2n1. The van der Waals surface area contributed by atoms with E-state index in [0.29, 0.717) is 11.4 Å². The van der Waals surface area contributed by atoms with Crippen LogP contribution in [0.4, 0.5) is 5.69 Å². The van der Waals surface area contributed by atoms with Gasteiger partial charge in [0.2, 0.25) is 0 Å². The number of nitriles is 1. The highest BCUT2D eigenvalue weighted by Crippen LogP contribution is 2.18. The Hall–Kier alpha value is -2.08. The Labute approximate surface area is 75.4 Å². The minimum atomic E-state index is 0.415. The summed E-state index contributed by atoms with van der Waals surface area (Å²) in [5.41, 5.74) is 7.59. The first-order valence-corrected chi connectivity index (χ1v) is 3.86. The van der Waals surface area contributed by atoms with Crippen molar-refractivity contribution >= 4 is 16.6 Å². The van der Waals surface area contributed by atoms with Crippen molar-refractivity contribution in [2.75, 3.05) is 5.73 Å². The number of nitrogen functional groups attached to an aromatic ring is 1. The lowest BCUT2D eigenvalue weighted by Gasteiger charge is -1.99. The highest BCUT2D eigenvalue weighted by Gasteiger charge is 1.99. The van der Waals surface area contributed by atoms with Gasteiger partial charge in [0.05, 0.1) is 5.52 Å². The number of nitrogens with two attached hydrogens (primary N) is 1. The first-order valence-electron chi connectivity index (χ1n) is 3.86. The molecule has 1 aromatic carbocycles. The van der Waals surface area contributed by atoms with E-state index in [1.165, 1.54) is 0 Å². The molecule has 0 saturated heterocycles. The van der Waals surface area contributed by atoms with Crippen molar-refractivity contribution in [1.29, 1.82) is 5.26 Å². The maximum absolute atomic E-state index is 8.62. The Morgan fingerprint density at radius 3 is 2.85 bits per heavy atom. The minimum absolute atomic E-state index is 0.415. The molecule has 0 aliphatic carbocycles. The number of hydrogen-bond acceptors (Lipinski definition) is 3. The third-order valence-electron chi connectivity index (χ3n) is 1.88. The Balaban J connectivity index is 2.82. The summed E-state index contributed by atoms with van der Waals surface area (Å²) in [6.07, 6.45) is 0. The van der Waals surface area contributed by atoms with Gasteiger partial charge >= 0.3 is 0 Å². The van der Waals surface area contributed by atoms with Gasteiger partial charge in [-0.15, -0.1) is 0 Å². The summed E-state index contributed by atoms with van der Waals surface area (Å²) in [6.45, 7) is 0. The van der Waals surface area contributed by atoms with Crippen molar-refractivity contribution in [2.45, 2.75) is 0 Å². The summed E-state index contributed by atoms with van der Waals surface area (Å²) >= 11 is 0. The number of benzene rings is 1. The molecule has 0 saturated carbocycles. The molecule has 1 aromatic heterocycles. The van der Waals surface area contributed by atoms with Gasteiger partial charge in [-0.25, -0.2) is 4.98 Å². The van der Waals surface area contributed by atoms with Crippen molar-refractivity contribution in [3.8, 4) is 6.07 Å². The second kappa shape index (κ2) is 2.76. The zero-order valence-corrected chi connectivity index (χ0v) is 6.86. The smallest absolute Gasteiger partial charge is 0.141 e. The van der Waals surface area contributed by atoms with Crippen molar-refractivity contribution in [3.63, 3.8) is 0 Å². The van der Waals surface area contributed by atoms with E-state index in [1.807, 2.05) is 30.3 Å². The molecular formula is C10H7N3. The average molecular weight is 169 g/mol. The van der Waals surface area contributed by atoms with Crippen LogP contribution in [0.15, 0.2) is 30.3 Å². The van der Waals surface area contributed by atoms with Crippen LogP contribution in [-0.2, 0) is 0 Å². The molecule has 2 aromatic rings. The summed E-state index contributed by atoms with van der Waals surface area (Å²) in [6, 6.07) is 10.9. The Bertz CT molecular complexity index is 497. The first kappa shape index (κ1) is 7.56. The predicted octanol–water partition coefficient (Wildman–Crippen LogP) is 1.69. The molecule has 2 rings (SSSR count). The number of anilines is 1. The Morgan fingerprint density at radius 2 is 2.08 bits per heavy atom. The fourth-order valence-corrected chi connectivity index (χ4v) is 1.24. The summed E-state index contributed by atoms with van der Waals surface area (Å²) in [7, 11) is 0. The Morgan fingerprint density at radius 1 is 1.23 bits per heavy atom. The molecule has 0 unspecified atom stereocenters. The standard InChI is InChI=1S/C10H7N3/c11-6-7-4-5-8-9(12)2-1-3-10(8)13-7/h1-5H,12H2. The van der Waals surface area contributed by atoms with Crippen LogP contribution in [0, 0.1) is 11.3 Å². The highest BCUT2D eigenvalue weighted by molar-refractivity contribution is 5.90. The van der Waals surface area contributed by atoms with Crippen LogP contribution in [-0.4, -0.2) is 4.98 Å². The van der Waals surface area contributed by atoms with Gasteiger partial charge in [0, 0.05) is 11.1 Å². The average Bonchev–Trinajstić information content (AvgIpc) is 2.18. The number of nitrogens with zero attached hydrogens (tertiary/aromatic N) is 2. The zero-order chi connectivity index (χ0) is 9.26. The van der Waals surface area contributed by atoms with Crippen LogP contribution in [0.5, 0.6) is 0 Å². The van der Waals surface area contributed by atoms with Gasteiger partial charge in [0.15, 0.2) is 0 Å². The van der Waals surface area contributed by atoms with E-state index in [4.69, 9.17) is 11.0 Å². The molecule has 0 aliphatic heterocycles. The molecule has 1 heterocycles. The molecule has 13 heavy (non-hydrogen) atoms. The lowest BCUT2D eigenvalue weighted by Crippen LogP contribution is -1.89. The largest absolute Gasteiger partial charge is 0.398 e.